The number of fused-ring (bicyclic) bond motifs is 1. The van der Waals surface area contributed by atoms with E-state index in [1.165, 1.54) is 21.9 Å². The number of nitrogens with zero attached hydrogens (tertiary/aromatic N) is 5. The quantitative estimate of drug-likeness (QED) is 0.366. The number of methoxy groups -OCH3 is 3. The molecule has 0 radical (unpaired) electrons. The number of hydrogen-bond donors (Lipinski definition) is 0. The van der Waals surface area contributed by atoms with Gasteiger partial charge in [0.05, 0.1) is 27.0 Å². The molecule has 192 valence electrons. The number of benzene rings is 2. The predicted molar refractivity (Wildman–Crippen MR) is 140 cm³/mol. The fraction of sp³-hybridized carbons (Fsp3) is 0.308. The molecule has 2 aromatic carbocycles. The minimum atomic E-state index is -0.210. The van der Waals surface area contributed by atoms with Gasteiger partial charge in [0.2, 0.25) is 4.96 Å². The lowest BCUT2D eigenvalue weighted by atomic mass is 10.1. The number of ether oxygens (including phenoxy) is 3. The van der Waals surface area contributed by atoms with Gasteiger partial charge in [-0.1, -0.05) is 11.3 Å². The van der Waals surface area contributed by atoms with Crippen molar-refractivity contribution in [2.45, 2.75) is 6.54 Å². The molecule has 11 heteroatoms. The second kappa shape index (κ2) is 10.6. The number of rotatable bonds is 7. The average Bonchev–Trinajstić information content (AvgIpc) is 3.37. The highest BCUT2D eigenvalue weighted by Crippen LogP contribution is 2.29. The summed E-state index contributed by atoms with van der Waals surface area (Å²) < 4.78 is 17.1. The molecule has 5 rings (SSSR count). The molecule has 10 nitrogen and oxygen atoms in total. The highest BCUT2D eigenvalue weighted by Gasteiger charge is 2.24. The van der Waals surface area contributed by atoms with Crippen LogP contribution in [0.15, 0.2) is 53.3 Å². The largest absolute Gasteiger partial charge is 0.497 e. The molecule has 2 aromatic heterocycles. The van der Waals surface area contributed by atoms with Crippen molar-refractivity contribution in [1.29, 1.82) is 0 Å². The van der Waals surface area contributed by atoms with Crippen LogP contribution >= 0.6 is 11.3 Å². The highest BCUT2D eigenvalue weighted by molar-refractivity contribution is 7.19. The van der Waals surface area contributed by atoms with Crippen LogP contribution in [0.2, 0.25) is 0 Å². The molecule has 0 spiro atoms. The lowest BCUT2D eigenvalue weighted by molar-refractivity contribution is 0.0626. The van der Waals surface area contributed by atoms with Crippen molar-refractivity contribution in [1.82, 2.24) is 24.4 Å². The monoisotopic (exact) mass is 521 g/mol. The maximum absolute atomic E-state index is 13.0. The summed E-state index contributed by atoms with van der Waals surface area (Å²) in [5.41, 5.74) is 1.93. The zero-order valence-electron chi connectivity index (χ0n) is 20.8. The Kier molecular flexibility index (Phi) is 7.06. The first-order valence-electron chi connectivity index (χ1n) is 11.8. The lowest BCUT2D eigenvalue weighted by Gasteiger charge is -2.34. The van der Waals surface area contributed by atoms with Gasteiger partial charge in [-0.2, -0.15) is 9.61 Å². The smallest absolute Gasteiger partial charge is 0.275 e. The van der Waals surface area contributed by atoms with Crippen LogP contribution in [-0.2, 0) is 6.54 Å². The maximum atomic E-state index is 13.0. The van der Waals surface area contributed by atoms with E-state index < -0.39 is 0 Å². The fourth-order valence-electron chi connectivity index (χ4n) is 4.28. The molecule has 0 N–H and O–H groups in total. The third-order valence-electron chi connectivity index (χ3n) is 6.31. The number of aromatic nitrogens is 3. The molecule has 0 saturated carbocycles. The Balaban J connectivity index is 1.25. The van der Waals surface area contributed by atoms with Crippen LogP contribution in [0.5, 0.6) is 17.2 Å². The summed E-state index contributed by atoms with van der Waals surface area (Å²) in [6.07, 6.45) is 0. The van der Waals surface area contributed by atoms with E-state index in [4.69, 9.17) is 19.2 Å². The molecule has 3 heterocycles. The summed E-state index contributed by atoms with van der Waals surface area (Å²) in [7, 11) is 4.73. The van der Waals surface area contributed by atoms with Gasteiger partial charge >= 0.3 is 0 Å². The van der Waals surface area contributed by atoms with Gasteiger partial charge in [0.25, 0.3) is 11.5 Å². The first-order chi connectivity index (χ1) is 18.0. The van der Waals surface area contributed by atoms with E-state index in [0.717, 1.165) is 11.3 Å². The van der Waals surface area contributed by atoms with Gasteiger partial charge in [0, 0.05) is 49.9 Å². The van der Waals surface area contributed by atoms with E-state index >= 15 is 0 Å². The van der Waals surface area contributed by atoms with Crippen LogP contribution in [-0.4, -0.2) is 77.8 Å². The highest BCUT2D eigenvalue weighted by atomic mass is 32.1. The Morgan fingerprint density at radius 1 is 0.919 bits per heavy atom. The SMILES string of the molecule is COc1ccc(-c2nn3c(=O)cc(CN4CCN(C(=O)c5ccc(OC)c(OC)c5)CC4)nc3s2)cc1. The third kappa shape index (κ3) is 5.13. The zero-order valence-corrected chi connectivity index (χ0v) is 21.7. The summed E-state index contributed by atoms with van der Waals surface area (Å²) >= 11 is 1.37. The summed E-state index contributed by atoms with van der Waals surface area (Å²) in [6.45, 7) is 3.05. The van der Waals surface area contributed by atoms with Crippen molar-refractivity contribution in [3.05, 3.63) is 70.1 Å². The van der Waals surface area contributed by atoms with Gasteiger partial charge in [-0.15, -0.1) is 0 Å². The molecule has 37 heavy (non-hydrogen) atoms. The predicted octanol–water partition coefficient (Wildman–Crippen LogP) is 2.80. The van der Waals surface area contributed by atoms with E-state index in [1.54, 1.807) is 39.5 Å². The van der Waals surface area contributed by atoms with Crippen molar-refractivity contribution < 1.29 is 19.0 Å². The Morgan fingerprint density at radius 3 is 2.32 bits per heavy atom. The van der Waals surface area contributed by atoms with Crippen molar-refractivity contribution in [3.63, 3.8) is 0 Å². The standard InChI is InChI=1S/C26H27N5O5S/c1-34-20-7-4-17(5-8-20)24-28-31-23(32)15-19(27-26(31)37-24)16-29-10-12-30(13-11-29)25(33)18-6-9-21(35-2)22(14-18)36-3/h4-9,14-15H,10-13,16H2,1-3H3. The number of amides is 1. The second-order valence-corrected chi connectivity index (χ2v) is 9.51. The van der Waals surface area contributed by atoms with Crippen molar-refractivity contribution >= 4 is 22.2 Å². The van der Waals surface area contributed by atoms with Crippen LogP contribution in [0.4, 0.5) is 0 Å². The Labute approximate surface area is 217 Å². The summed E-state index contributed by atoms with van der Waals surface area (Å²) in [6, 6.07) is 14.3. The van der Waals surface area contributed by atoms with E-state index in [-0.39, 0.29) is 11.5 Å². The second-order valence-electron chi connectivity index (χ2n) is 8.55. The third-order valence-corrected chi connectivity index (χ3v) is 7.27. The molecule has 1 aliphatic heterocycles. The minimum Gasteiger partial charge on any atom is -0.497 e. The topological polar surface area (TPSA) is 98.5 Å². The van der Waals surface area contributed by atoms with Gasteiger partial charge in [-0.25, -0.2) is 4.98 Å². The van der Waals surface area contributed by atoms with Crippen LogP contribution in [0.1, 0.15) is 16.1 Å². The van der Waals surface area contributed by atoms with E-state index in [0.29, 0.717) is 65.4 Å². The average molecular weight is 522 g/mol. The number of carbonyl (C=O) groups is 1. The van der Waals surface area contributed by atoms with Crippen LogP contribution in [0.3, 0.4) is 0 Å². The normalized spacial score (nSPS) is 14.1. The van der Waals surface area contributed by atoms with E-state index in [2.05, 4.69) is 10.00 Å². The Hall–Kier alpha value is -3.96. The summed E-state index contributed by atoms with van der Waals surface area (Å²) in [4.78, 5) is 35.0. The maximum Gasteiger partial charge on any atom is 0.275 e. The summed E-state index contributed by atoms with van der Waals surface area (Å²) in [5, 5.41) is 5.17. The lowest BCUT2D eigenvalue weighted by Crippen LogP contribution is -2.48. The van der Waals surface area contributed by atoms with Crippen molar-refractivity contribution in [2.24, 2.45) is 0 Å². The van der Waals surface area contributed by atoms with E-state index in [1.807, 2.05) is 29.2 Å². The molecule has 0 aliphatic carbocycles. The molecular formula is C26H27N5O5S. The molecule has 0 atom stereocenters. The van der Waals surface area contributed by atoms with Crippen molar-refractivity contribution in [3.8, 4) is 27.8 Å². The Morgan fingerprint density at radius 2 is 1.65 bits per heavy atom. The van der Waals surface area contributed by atoms with Gasteiger partial charge in [-0.05, 0) is 42.5 Å². The fourth-order valence-corrected chi connectivity index (χ4v) is 5.21. The first kappa shape index (κ1) is 24.7. The number of piperazine rings is 1. The Bertz CT molecular complexity index is 1480. The minimum absolute atomic E-state index is 0.0471. The van der Waals surface area contributed by atoms with Crippen LogP contribution in [0.25, 0.3) is 15.5 Å². The van der Waals surface area contributed by atoms with E-state index in [9.17, 15) is 9.59 Å². The molecule has 1 aliphatic rings. The van der Waals surface area contributed by atoms with Gasteiger partial charge < -0.3 is 19.1 Å². The molecule has 0 bridgehead atoms. The van der Waals surface area contributed by atoms with Gasteiger partial charge in [-0.3, -0.25) is 14.5 Å². The molecule has 0 unspecified atom stereocenters. The molecule has 1 fully saturated rings. The molecule has 1 amide bonds. The van der Waals surface area contributed by atoms with Crippen LogP contribution in [0, 0.1) is 0 Å². The van der Waals surface area contributed by atoms with Gasteiger partial charge in [0.1, 0.15) is 10.8 Å². The molecule has 4 aromatic rings. The van der Waals surface area contributed by atoms with Gasteiger partial charge in [0.15, 0.2) is 11.5 Å². The number of hydrogen-bond acceptors (Lipinski definition) is 9. The molecular weight excluding hydrogens is 494 g/mol. The van der Waals surface area contributed by atoms with Crippen molar-refractivity contribution in [2.75, 3.05) is 47.5 Å². The number of carbonyl (C=O) groups excluding carboxylic acids is 1. The van der Waals surface area contributed by atoms with Crippen LogP contribution < -0.4 is 19.8 Å². The molecule has 1 saturated heterocycles. The zero-order chi connectivity index (χ0) is 25.9. The first-order valence-corrected chi connectivity index (χ1v) is 12.6. The summed E-state index contributed by atoms with van der Waals surface area (Å²) in [5.74, 6) is 1.82.